The summed E-state index contributed by atoms with van der Waals surface area (Å²) < 4.78 is 41.9. The number of hydrogen-bond donors (Lipinski definition) is 0. The molecule has 1 fully saturated rings. The lowest BCUT2D eigenvalue weighted by Crippen LogP contribution is -2.48. The second-order valence-corrected chi connectivity index (χ2v) is 11.9. The van der Waals surface area contributed by atoms with Gasteiger partial charge in [0.1, 0.15) is 5.82 Å². The number of benzene rings is 1. The lowest BCUT2D eigenvalue weighted by atomic mass is 9.98. The summed E-state index contributed by atoms with van der Waals surface area (Å²) in [5.74, 6) is 0.539. The van der Waals surface area contributed by atoms with E-state index in [2.05, 4.69) is 15.0 Å². The predicted molar refractivity (Wildman–Crippen MR) is 149 cm³/mol. The van der Waals surface area contributed by atoms with Crippen LogP contribution in [0.15, 0.2) is 60.8 Å². The van der Waals surface area contributed by atoms with E-state index in [1.165, 1.54) is 16.0 Å². The summed E-state index contributed by atoms with van der Waals surface area (Å²) >= 11 is 7.64. The van der Waals surface area contributed by atoms with E-state index in [4.69, 9.17) is 16.4 Å². The van der Waals surface area contributed by atoms with Gasteiger partial charge in [0.2, 0.25) is 0 Å². The standard InChI is InChI=1S/C28H27ClF3N5O2S/c1-27(2,3)26(38)39-36-14-12-35(13-15-36)25-11-8-18(17-33-25)22-9-10-23(40-22)21-16-24(28(30,31)32)34-37(21)20-7-5-4-6-19(20)29/h4-11,16-17H,12-15H2,1-3H3. The molecule has 3 aromatic heterocycles. The number of hydrogen-bond acceptors (Lipinski definition) is 7. The summed E-state index contributed by atoms with van der Waals surface area (Å²) in [6.45, 7) is 7.90. The van der Waals surface area contributed by atoms with Gasteiger partial charge >= 0.3 is 12.1 Å². The van der Waals surface area contributed by atoms with E-state index < -0.39 is 17.3 Å². The highest BCUT2D eigenvalue weighted by atomic mass is 35.5. The number of alkyl halides is 3. The number of aromatic nitrogens is 3. The van der Waals surface area contributed by atoms with Gasteiger partial charge in [-0.25, -0.2) is 14.5 Å². The van der Waals surface area contributed by atoms with Crippen LogP contribution in [0.3, 0.4) is 0 Å². The molecule has 1 saturated heterocycles. The van der Waals surface area contributed by atoms with Crippen molar-refractivity contribution in [3.8, 4) is 26.7 Å². The fourth-order valence-corrected chi connectivity index (χ4v) is 5.33. The maximum atomic E-state index is 13.6. The monoisotopic (exact) mass is 589 g/mol. The highest BCUT2D eigenvalue weighted by Gasteiger charge is 2.36. The van der Waals surface area contributed by atoms with Crippen LogP contribution in [0.2, 0.25) is 5.02 Å². The van der Waals surface area contributed by atoms with Crippen molar-refractivity contribution >= 4 is 34.7 Å². The van der Waals surface area contributed by atoms with Gasteiger partial charge in [0.25, 0.3) is 0 Å². The minimum absolute atomic E-state index is 0.261. The van der Waals surface area contributed by atoms with Gasteiger partial charge in [0.15, 0.2) is 5.69 Å². The predicted octanol–water partition coefficient (Wildman–Crippen LogP) is 6.96. The van der Waals surface area contributed by atoms with Gasteiger partial charge in [-0.2, -0.15) is 18.3 Å². The molecule has 0 bridgehead atoms. The SMILES string of the molecule is CC(C)(C)C(=O)ON1CCN(c2ccc(-c3ccc(-c4cc(C(F)(F)F)nn4-c4ccccc4Cl)s3)cn2)CC1. The molecule has 0 spiro atoms. The number of thiophene rings is 1. The minimum Gasteiger partial charge on any atom is -0.367 e. The number of piperazine rings is 1. The van der Waals surface area contributed by atoms with Gasteiger partial charge in [0, 0.05) is 29.7 Å². The number of carbonyl (C=O) groups excluding carboxylic acids is 1. The van der Waals surface area contributed by atoms with Crippen molar-refractivity contribution in [2.75, 3.05) is 31.1 Å². The molecule has 7 nitrogen and oxygen atoms in total. The second kappa shape index (κ2) is 10.9. The zero-order valence-corrected chi connectivity index (χ0v) is 23.6. The number of halogens is 4. The Morgan fingerprint density at radius 3 is 2.30 bits per heavy atom. The normalized spacial score (nSPS) is 14.9. The molecule has 0 N–H and O–H groups in total. The van der Waals surface area contributed by atoms with Crippen LogP contribution in [0.4, 0.5) is 19.0 Å². The maximum Gasteiger partial charge on any atom is 0.435 e. The maximum absolute atomic E-state index is 13.6. The van der Waals surface area contributed by atoms with Gasteiger partial charge in [-0.05, 0) is 63.2 Å². The molecule has 0 amide bonds. The van der Waals surface area contributed by atoms with Gasteiger partial charge in [-0.3, -0.25) is 0 Å². The van der Waals surface area contributed by atoms with E-state index in [1.807, 2.05) is 39.0 Å². The molecule has 0 saturated carbocycles. The van der Waals surface area contributed by atoms with Crippen LogP contribution >= 0.6 is 22.9 Å². The molecular weight excluding hydrogens is 563 g/mol. The van der Waals surface area contributed by atoms with Crippen LogP contribution in [0.1, 0.15) is 26.5 Å². The van der Waals surface area contributed by atoms with Crippen molar-refractivity contribution in [2.24, 2.45) is 5.41 Å². The molecule has 0 unspecified atom stereocenters. The van der Waals surface area contributed by atoms with Gasteiger partial charge in [0.05, 0.1) is 39.8 Å². The summed E-state index contributed by atoms with van der Waals surface area (Å²) in [5.41, 5.74) is -0.0465. The number of para-hydroxylation sites is 1. The van der Waals surface area contributed by atoms with Crippen LogP contribution in [0, 0.1) is 5.41 Å². The Balaban J connectivity index is 1.32. The summed E-state index contributed by atoms with van der Waals surface area (Å²) in [6, 6.07) is 15.2. The third kappa shape index (κ3) is 6.01. The Hall–Kier alpha value is -3.41. The quantitative estimate of drug-likeness (QED) is 0.251. The van der Waals surface area contributed by atoms with Crippen molar-refractivity contribution in [1.29, 1.82) is 0 Å². The average molecular weight is 590 g/mol. The largest absolute Gasteiger partial charge is 0.435 e. The Labute approximate surface area is 238 Å². The molecule has 4 heterocycles. The van der Waals surface area contributed by atoms with Gasteiger partial charge in [-0.1, -0.05) is 23.7 Å². The Bertz CT molecular complexity index is 1500. The number of anilines is 1. The molecule has 210 valence electrons. The van der Waals surface area contributed by atoms with Crippen molar-refractivity contribution in [2.45, 2.75) is 26.9 Å². The molecule has 5 rings (SSSR count). The van der Waals surface area contributed by atoms with Crippen molar-refractivity contribution in [3.05, 3.63) is 71.5 Å². The van der Waals surface area contributed by atoms with E-state index in [1.54, 1.807) is 41.6 Å². The number of pyridine rings is 1. The van der Waals surface area contributed by atoms with E-state index in [0.29, 0.717) is 47.5 Å². The average Bonchev–Trinajstić information content (AvgIpc) is 3.57. The Morgan fingerprint density at radius 2 is 1.68 bits per heavy atom. The molecule has 1 aliphatic heterocycles. The molecular formula is C28H27ClF3N5O2S. The zero-order chi connectivity index (χ0) is 28.7. The lowest BCUT2D eigenvalue weighted by molar-refractivity contribution is -0.201. The van der Waals surface area contributed by atoms with Crippen molar-refractivity contribution < 1.29 is 22.8 Å². The van der Waals surface area contributed by atoms with E-state index >= 15 is 0 Å². The number of carbonyl (C=O) groups is 1. The van der Waals surface area contributed by atoms with E-state index in [0.717, 1.165) is 22.3 Å². The first-order valence-corrected chi connectivity index (χ1v) is 13.8. The highest BCUT2D eigenvalue weighted by Crippen LogP contribution is 2.39. The fourth-order valence-electron chi connectivity index (χ4n) is 4.11. The first-order chi connectivity index (χ1) is 18.9. The Kier molecular flexibility index (Phi) is 7.64. The van der Waals surface area contributed by atoms with Gasteiger partial charge < -0.3 is 9.74 Å². The number of nitrogens with zero attached hydrogens (tertiary/aromatic N) is 5. The highest BCUT2D eigenvalue weighted by molar-refractivity contribution is 7.18. The molecule has 1 aliphatic rings. The van der Waals surface area contributed by atoms with Crippen LogP contribution < -0.4 is 4.90 Å². The molecule has 4 aromatic rings. The molecule has 0 atom stereocenters. The minimum atomic E-state index is -4.60. The summed E-state index contributed by atoms with van der Waals surface area (Å²) in [5, 5.41) is 5.81. The first-order valence-electron chi connectivity index (χ1n) is 12.6. The van der Waals surface area contributed by atoms with Crippen molar-refractivity contribution in [1.82, 2.24) is 19.8 Å². The van der Waals surface area contributed by atoms with E-state index in [9.17, 15) is 18.0 Å². The fraction of sp³-hybridized carbons (Fsp3) is 0.321. The molecule has 12 heteroatoms. The second-order valence-electron chi connectivity index (χ2n) is 10.4. The third-order valence-corrected chi connectivity index (χ3v) is 7.83. The van der Waals surface area contributed by atoms with Crippen molar-refractivity contribution in [3.63, 3.8) is 0 Å². The molecule has 0 aliphatic carbocycles. The van der Waals surface area contributed by atoms with Crippen LogP contribution in [0.5, 0.6) is 0 Å². The molecule has 40 heavy (non-hydrogen) atoms. The number of rotatable bonds is 5. The lowest BCUT2D eigenvalue weighted by Gasteiger charge is -2.35. The summed E-state index contributed by atoms with van der Waals surface area (Å²) in [4.78, 5) is 25.8. The third-order valence-electron chi connectivity index (χ3n) is 6.36. The Morgan fingerprint density at radius 1 is 0.975 bits per heavy atom. The first kappa shape index (κ1) is 28.1. The van der Waals surface area contributed by atoms with Gasteiger partial charge in [-0.15, -0.1) is 16.4 Å². The number of hydroxylamine groups is 2. The summed E-state index contributed by atoms with van der Waals surface area (Å²) in [6.07, 6.45) is -2.84. The van der Waals surface area contributed by atoms with E-state index in [-0.39, 0.29) is 5.97 Å². The smallest absolute Gasteiger partial charge is 0.367 e. The topological polar surface area (TPSA) is 63.5 Å². The molecule has 1 aromatic carbocycles. The molecule has 0 radical (unpaired) electrons. The summed E-state index contributed by atoms with van der Waals surface area (Å²) in [7, 11) is 0. The van der Waals surface area contributed by atoms with Crippen LogP contribution in [-0.2, 0) is 15.8 Å². The van der Waals surface area contributed by atoms with Crippen LogP contribution in [-0.4, -0.2) is 52.0 Å². The zero-order valence-electron chi connectivity index (χ0n) is 22.1. The van der Waals surface area contributed by atoms with Crippen LogP contribution in [0.25, 0.3) is 26.7 Å².